The second-order valence-corrected chi connectivity index (χ2v) is 5.59. The van der Waals surface area contributed by atoms with Gasteiger partial charge >= 0.3 is 0 Å². The Morgan fingerprint density at radius 1 is 1.19 bits per heavy atom. The highest BCUT2D eigenvalue weighted by atomic mass is 35.5. The van der Waals surface area contributed by atoms with Crippen LogP contribution in [0.2, 0.25) is 0 Å². The van der Waals surface area contributed by atoms with E-state index in [-0.39, 0.29) is 5.16 Å². The highest BCUT2D eigenvalue weighted by Gasteiger charge is 2.08. The molecule has 0 unspecified atom stereocenters. The molecule has 0 spiro atoms. The first-order valence-corrected chi connectivity index (χ1v) is 7.60. The lowest BCUT2D eigenvalue weighted by atomic mass is 10.1. The zero-order chi connectivity index (χ0) is 15.2. The van der Waals surface area contributed by atoms with Gasteiger partial charge in [-0.15, -0.1) is 11.3 Å². The molecule has 2 rings (SSSR count). The lowest BCUT2D eigenvalue weighted by molar-refractivity contribution is 0.146. The van der Waals surface area contributed by atoms with Crippen molar-refractivity contribution in [3.8, 4) is 5.75 Å². The third-order valence-corrected chi connectivity index (χ3v) is 4.04. The molecule has 0 amide bonds. The number of methoxy groups -OCH3 is 1. The van der Waals surface area contributed by atoms with Crippen LogP contribution in [0.25, 0.3) is 10.9 Å². The normalized spacial score (nSPS) is 13.8. The van der Waals surface area contributed by atoms with Gasteiger partial charge in [0.05, 0.1) is 16.8 Å². The van der Waals surface area contributed by atoms with Gasteiger partial charge in [0.2, 0.25) is 0 Å². The third-order valence-electron chi connectivity index (χ3n) is 2.89. The fraction of sp³-hybridized carbons (Fsp3) is 0.200. The van der Waals surface area contributed by atoms with Crippen molar-refractivity contribution in [1.29, 1.82) is 0 Å². The van der Waals surface area contributed by atoms with Crippen molar-refractivity contribution < 1.29 is 9.47 Å². The van der Waals surface area contributed by atoms with Crippen LogP contribution in [0.4, 0.5) is 0 Å². The number of para-hydroxylation sites is 1. The van der Waals surface area contributed by atoms with Crippen LogP contribution in [0.1, 0.15) is 5.56 Å². The molecule has 0 radical (unpaired) electrons. The minimum Gasteiger partial charge on any atom is -0.490 e. The molecule has 21 heavy (non-hydrogen) atoms. The Labute approximate surface area is 132 Å². The summed E-state index contributed by atoms with van der Waals surface area (Å²) in [5.41, 5.74) is 13.4. The molecule has 4 N–H and O–H groups in total. The molecule has 0 saturated carbocycles. The van der Waals surface area contributed by atoms with Crippen molar-refractivity contribution in [3.05, 3.63) is 51.0 Å². The number of hydrogen-bond acceptors (Lipinski definition) is 5. The first-order chi connectivity index (χ1) is 10.1. The molecule has 0 bridgehead atoms. The monoisotopic (exact) mass is 324 g/mol. The van der Waals surface area contributed by atoms with Crippen LogP contribution in [-0.2, 0) is 4.74 Å². The molecule has 0 aliphatic heterocycles. The molecule has 4 nitrogen and oxygen atoms in total. The Morgan fingerprint density at radius 3 is 2.67 bits per heavy atom. The minimum atomic E-state index is 0.229. The van der Waals surface area contributed by atoms with Crippen molar-refractivity contribution in [2.45, 2.75) is 0 Å². The number of rotatable bonds is 5. The molecule has 1 aromatic carbocycles. The van der Waals surface area contributed by atoms with Gasteiger partial charge in [-0.25, -0.2) is 0 Å². The Hall–Kier alpha value is -1.69. The zero-order valence-corrected chi connectivity index (χ0v) is 13.2. The summed E-state index contributed by atoms with van der Waals surface area (Å²) in [6.45, 7) is 0.975. The Morgan fingerprint density at radius 2 is 1.95 bits per heavy atom. The molecule has 6 heteroatoms. The van der Waals surface area contributed by atoms with Gasteiger partial charge in [-0.05, 0) is 23.6 Å². The standard InChI is InChI=1S/C15H17ClN2O2S/c1-19-7-8-20-12-5-3-2-4-10(12)13(17)14-11(15(16)18)6-9-21-14/h2-6,9H,7-8,17-18H2,1H3/b14-13+,15-11-. The van der Waals surface area contributed by atoms with Gasteiger partial charge in [-0.1, -0.05) is 23.7 Å². The van der Waals surface area contributed by atoms with E-state index in [1.807, 2.05) is 35.7 Å². The molecule has 1 aromatic heterocycles. The largest absolute Gasteiger partial charge is 0.490 e. The lowest BCUT2D eigenvalue weighted by Gasteiger charge is -2.11. The number of ether oxygens (including phenoxy) is 2. The topological polar surface area (TPSA) is 70.5 Å². The van der Waals surface area contributed by atoms with E-state index in [2.05, 4.69) is 0 Å². The number of nitrogens with two attached hydrogens (primary N) is 2. The van der Waals surface area contributed by atoms with Crippen LogP contribution in [0.3, 0.4) is 0 Å². The van der Waals surface area contributed by atoms with E-state index in [0.29, 0.717) is 24.7 Å². The summed E-state index contributed by atoms with van der Waals surface area (Å²) in [4.78, 5) is 0. The molecule has 112 valence electrons. The Kier molecular flexibility index (Phi) is 5.50. The van der Waals surface area contributed by atoms with E-state index in [1.165, 1.54) is 11.3 Å². The number of hydrogen-bond donors (Lipinski definition) is 2. The molecule has 0 aliphatic carbocycles. The van der Waals surface area contributed by atoms with Gasteiger partial charge in [0, 0.05) is 17.9 Å². The molecular weight excluding hydrogens is 308 g/mol. The lowest BCUT2D eigenvalue weighted by Crippen LogP contribution is -2.28. The van der Waals surface area contributed by atoms with Crippen LogP contribution in [-0.4, -0.2) is 20.3 Å². The predicted octanol–water partition coefficient (Wildman–Crippen LogP) is 1.15. The van der Waals surface area contributed by atoms with Gasteiger partial charge in [-0.2, -0.15) is 0 Å². The minimum absolute atomic E-state index is 0.229. The van der Waals surface area contributed by atoms with Crippen LogP contribution in [0.5, 0.6) is 5.75 Å². The average Bonchev–Trinajstić information content (AvgIpc) is 2.97. The van der Waals surface area contributed by atoms with E-state index in [9.17, 15) is 0 Å². The van der Waals surface area contributed by atoms with Crippen molar-refractivity contribution >= 4 is 33.8 Å². The van der Waals surface area contributed by atoms with E-state index in [1.54, 1.807) is 7.11 Å². The summed E-state index contributed by atoms with van der Waals surface area (Å²) < 4.78 is 11.5. The van der Waals surface area contributed by atoms with Gasteiger partial charge in [0.1, 0.15) is 17.5 Å². The van der Waals surface area contributed by atoms with E-state index in [4.69, 9.17) is 32.5 Å². The third kappa shape index (κ3) is 3.69. The van der Waals surface area contributed by atoms with E-state index in [0.717, 1.165) is 15.3 Å². The van der Waals surface area contributed by atoms with Crippen molar-refractivity contribution in [2.24, 2.45) is 11.5 Å². The molecule has 1 heterocycles. The molecule has 0 aliphatic rings. The van der Waals surface area contributed by atoms with Crippen molar-refractivity contribution in [2.75, 3.05) is 20.3 Å². The fourth-order valence-corrected chi connectivity index (χ4v) is 2.97. The summed E-state index contributed by atoms with van der Waals surface area (Å²) in [6, 6.07) is 9.44. The zero-order valence-electron chi connectivity index (χ0n) is 11.6. The van der Waals surface area contributed by atoms with Crippen LogP contribution < -0.4 is 26.0 Å². The summed E-state index contributed by atoms with van der Waals surface area (Å²) in [5, 5.41) is 2.87. The second-order valence-electron chi connectivity index (χ2n) is 4.26. The smallest absolute Gasteiger partial charge is 0.128 e. The molecule has 0 fully saturated rings. The summed E-state index contributed by atoms with van der Waals surface area (Å²) in [7, 11) is 1.63. The quantitative estimate of drug-likeness (QED) is 0.639. The van der Waals surface area contributed by atoms with Crippen LogP contribution >= 0.6 is 22.9 Å². The average molecular weight is 325 g/mol. The first kappa shape index (κ1) is 15.7. The molecular formula is C15H17ClN2O2S. The second kappa shape index (κ2) is 7.36. The number of thiophene rings is 1. The van der Waals surface area contributed by atoms with Gasteiger partial charge < -0.3 is 20.9 Å². The summed E-state index contributed by atoms with van der Waals surface area (Å²) in [6.07, 6.45) is 0. The molecule has 0 atom stereocenters. The van der Waals surface area contributed by atoms with Gasteiger partial charge in [-0.3, -0.25) is 0 Å². The maximum absolute atomic E-state index is 6.29. The first-order valence-electron chi connectivity index (χ1n) is 6.35. The number of halogens is 1. The highest BCUT2D eigenvalue weighted by molar-refractivity contribution is 7.07. The van der Waals surface area contributed by atoms with Crippen LogP contribution in [0, 0.1) is 0 Å². The fourth-order valence-electron chi connectivity index (χ4n) is 1.88. The maximum atomic E-state index is 6.29. The van der Waals surface area contributed by atoms with E-state index < -0.39 is 0 Å². The Bertz CT molecular complexity index is 723. The summed E-state index contributed by atoms with van der Waals surface area (Å²) in [5.74, 6) is 0.708. The maximum Gasteiger partial charge on any atom is 0.128 e. The van der Waals surface area contributed by atoms with Crippen molar-refractivity contribution in [1.82, 2.24) is 0 Å². The molecule has 2 aromatic rings. The van der Waals surface area contributed by atoms with Crippen molar-refractivity contribution in [3.63, 3.8) is 0 Å². The van der Waals surface area contributed by atoms with E-state index >= 15 is 0 Å². The van der Waals surface area contributed by atoms with Crippen LogP contribution in [0.15, 0.2) is 35.7 Å². The molecule has 0 saturated heterocycles. The predicted molar refractivity (Wildman–Crippen MR) is 87.5 cm³/mol. The van der Waals surface area contributed by atoms with Gasteiger partial charge in [0.15, 0.2) is 0 Å². The highest BCUT2D eigenvalue weighted by Crippen LogP contribution is 2.21. The van der Waals surface area contributed by atoms with Gasteiger partial charge in [0.25, 0.3) is 0 Å². The Balaban J connectivity index is 2.51. The number of benzene rings is 1. The SMILES string of the molecule is COCCOc1ccccc1/C(N)=c1\scc\c1=C(\N)Cl. The summed E-state index contributed by atoms with van der Waals surface area (Å²) >= 11 is 7.40.